The fourth-order valence-corrected chi connectivity index (χ4v) is 2.54. The second-order valence-corrected chi connectivity index (χ2v) is 6.35. The highest BCUT2D eigenvalue weighted by Crippen LogP contribution is 2.37. The van der Waals surface area contributed by atoms with Crippen LogP contribution in [0.25, 0.3) is 0 Å². The van der Waals surface area contributed by atoms with Gasteiger partial charge >= 0.3 is 6.18 Å². The Balaban J connectivity index is 1.85. The van der Waals surface area contributed by atoms with E-state index < -0.39 is 17.6 Å². The third kappa shape index (κ3) is 4.22. The molecule has 0 atom stereocenters. The minimum atomic E-state index is -4.67. The van der Waals surface area contributed by atoms with E-state index in [4.69, 9.17) is 0 Å². The lowest BCUT2D eigenvalue weighted by Crippen LogP contribution is -2.18. The number of carbonyl (C=O) groups excluding carboxylic acids is 2. The molecule has 26 heavy (non-hydrogen) atoms. The van der Waals surface area contributed by atoms with Crippen LogP contribution in [0, 0.1) is 12.8 Å². The lowest BCUT2D eigenvalue weighted by atomic mass is 10.1. The molecule has 2 aromatic rings. The molecule has 1 saturated carbocycles. The molecule has 2 aromatic carbocycles. The first-order valence-electron chi connectivity index (χ1n) is 8.14. The molecule has 0 unspecified atom stereocenters. The van der Waals surface area contributed by atoms with Crippen molar-refractivity contribution in [3.63, 3.8) is 0 Å². The molecule has 0 aromatic heterocycles. The SMILES string of the molecule is Cc1cccc(C(=O)Nc2ccc(NC(=O)C3CC3)cc2C(F)(F)F)c1. The minimum absolute atomic E-state index is 0.0581. The number of hydrogen-bond acceptors (Lipinski definition) is 2. The number of rotatable bonds is 4. The van der Waals surface area contributed by atoms with Gasteiger partial charge in [-0.3, -0.25) is 9.59 Å². The first kappa shape index (κ1) is 18.0. The standard InChI is InChI=1S/C19H17F3N2O2/c1-11-3-2-4-13(9-11)18(26)24-16-8-7-14(10-15(16)19(20,21)22)23-17(25)12-5-6-12/h2-4,7-10,12H,5-6H2,1H3,(H,23,25)(H,24,26). The number of anilines is 2. The van der Waals surface area contributed by atoms with Crippen LogP contribution >= 0.6 is 0 Å². The normalized spacial score (nSPS) is 14.0. The summed E-state index contributed by atoms with van der Waals surface area (Å²) in [5.41, 5.74) is -0.209. The summed E-state index contributed by atoms with van der Waals surface area (Å²) in [4.78, 5) is 24.0. The van der Waals surface area contributed by atoms with Gasteiger partial charge in [0.1, 0.15) is 0 Å². The van der Waals surface area contributed by atoms with Gasteiger partial charge in [0.15, 0.2) is 0 Å². The largest absolute Gasteiger partial charge is 0.418 e. The van der Waals surface area contributed by atoms with Gasteiger partial charge in [-0.15, -0.1) is 0 Å². The van der Waals surface area contributed by atoms with Gasteiger partial charge in [-0.05, 0) is 50.1 Å². The highest BCUT2D eigenvalue weighted by molar-refractivity contribution is 6.05. The fourth-order valence-electron chi connectivity index (χ4n) is 2.54. The van der Waals surface area contributed by atoms with Crippen molar-refractivity contribution in [3.05, 3.63) is 59.2 Å². The number of nitrogens with one attached hydrogen (secondary N) is 2. The number of amides is 2. The van der Waals surface area contributed by atoms with Crippen molar-refractivity contribution in [2.24, 2.45) is 5.92 Å². The quantitative estimate of drug-likeness (QED) is 0.834. The fraction of sp³-hybridized carbons (Fsp3) is 0.263. The molecule has 2 amide bonds. The van der Waals surface area contributed by atoms with Crippen molar-refractivity contribution in [1.82, 2.24) is 0 Å². The third-order valence-corrected chi connectivity index (χ3v) is 4.07. The summed E-state index contributed by atoms with van der Waals surface area (Å²) in [6.45, 7) is 1.79. The zero-order chi connectivity index (χ0) is 18.9. The number of hydrogen-bond donors (Lipinski definition) is 2. The Kier molecular flexibility index (Phi) is 4.71. The van der Waals surface area contributed by atoms with Gasteiger partial charge in [0.25, 0.3) is 5.91 Å². The zero-order valence-electron chi connectivity index (χ0n) is 14.0. The number of halogens is 3. The summed E-state index contributed by atoms with van der Waals surface area (Å²) >= 11 is 0. The van der Waals surface area contributed by atoms with Gasteiger partial charge < -0.3 is 10.6 Å². The number of alkyl halides is 3. The maximum atomic E-state index is 13.4. The van der Waals surface area contributed by atoms with E-state index in [-0.39, 0.29) is 28.8 Å². The van der Waals surface area contributed by atoms with Crippen LogP contribution in [0.2, 0.25) is 0 Å². The van der Waals surface area contributed by atoms with E-state index in [0.717, 1.165) is 30.5 Å². The van der Waals surface area contributed by atoms with Crippen LogP contribution in [0.1, 0.15) is 34.3 Å². The second kappa shape index (κ2) is 6.82. The van der Waals surface area contributed by atoms with E-state index in [1.165, 1.54) is 12.1 Å². The van der Waals surface area contributed by atoms with Crippen LogP contribution in [-0.2, 0) is 11.0 Å². The molecular weight excluding hydrogens is 345 g/mol. The molecule has 1 fully saturated rings. The van der Waals surface area contributed by atoms with Crippen molar-refractivity contribution >= 4 is 23.2 Å². The van der Waals surface area contributed by atoms with Crippen LogP contribution < -0.4 is 10.6 Å². The van der Waals surface area contributed by atoms with Crippen molar-refractivity contribution in [3.8, 4) is 0 Å². The van der Waals surface area contributed by atoms with Gasteiger partial charge in [0.05, 0.1) is 11.3 Å². The van der Waals surface area contributed by atoms with Crippen molar-refractivity contribution in [2.45, 2.75) is 25.9 Å². The van der Waals surface area contributed by atoms with Crippen LogP contribution in [-0.4, -0.2) is 11.8 Å². The Bertz CT molecular complexity index is 858. The average Bonchev–Trinajstić information content (AvgIpc) is 3.40. The van der Waals surface area contributed by atoms with Crippen LogP contribution in [0.5, 0.6) is 0 Å². The van der Waals surface area contributed by atoms with E-state index in [0.29, 0.717) is 0 Å². The Morgan fingerprint density at radius 2 is 1.77 bits per heavy atom. The Hall–Kier alpha value is -2.83. The van der Waals surface area contributed by atoms with Gasteiger partial charge in [-0.2, -0.15) is 13.2 Å². The van der Waals surface area contributed by atoms with Crippen molar-refractivity contribution in [2.75, 3.05) is 10.6 Å². The molecule has 0 heterocycles. The minimum Gasteiger partial charge on any atom is -0.326 e. The predicted molar refractivity (Wildman–Crippen MR) is 91.9 cm³/mol. The monoisotopic (exact) mass is 362 g/mol. The van der Waals surface area contributed by atoms with E-state index in [2.05, 4.69) is 10.6 Å². The first-order chi connectivity index (χ1) is 12.2. The molecule has 0 spiro atoms. The van der Waals surface area contributed by atoms with Crippen LogP contribution in [0.3, 0.4) is 0 Å². The lowest BCUT2D eigenvalue weighted by Gasteiger charge is -2.16. The summed E-state index contributed by atoms with van der Waals surface area (Å²) in [6, 6.07) is 9.90. The maximum Gasteiger partial charge on any atom is 0.418 e. The molecule has 7 heteroatoms. The van der Waals surface area contributed by atoms with Crippen LogP contribution in [0.4, 0.5) is 24.5 Å². The van der Waals surface area contributed by atoms with E-state index in [1.807, 2.05) is 0 Å². The van der Waals surface area contributed by atoms with Gasteiger partial charge in [0.2, 0.25) is 5.91 Å². The molecule has 1 aliphatic carbocycles. The maximum absolute atomic E-state index is 13.4. The number of aryl methyl sites for hydroxylation is 1. The highest BCUT2D eigenvalue weighted by atomic mass is 19.4. The summed E-state index contributed by atoms with van der Waals surface area (Å²) < 4.78 is 40.2. The number of carbonyl (C=O) groups is 2. The Labute approximate surface area is 148 Å². The van der Waals surface area contributed by atoms with Gasteiger partial charge in [-0.1, -0.05) is 17.7 Å². The predicted octanol–water partition coefficient (Wildman–Crippen LogP) is 4.61. The molecule has 1 aliphatic rings. The summed E-state index contributed by atoms with van der Waals surface area (Å²) in [6.07, 6.45) is -3.17. The second-order valence-electron chi connectivity index (χ2n) is 6.35. The molecule has 3 rings (SSSR count). The van der Waals surface area contributed by atoms with Crippen LogP contribution in [0.15, 0.2) is 42.5 Å². The van der Waals surface area contributed by atoms with Crippen molar-refractivity contribution in [1.29, 1.82) is 0 Å². The molecule has 136 valence electrons. The van der Waals surface area contributed by atoms with Gasteiger partial charge in [-0.25, -0.2) is 0 Å². The molecule has 2 N–H and O–H groups in total. The smallest absolute Gasteiger partial charge is 0.326 e. The van der Waals surface area contributed by atoms with E-state index in [9.17, 15) is 22.8 Å². The third-order valence-electron chi connectivity index (χ3n) is 4.07. The van der Waals surface area contributed by atoms with E-state index in [1.54, 1.807) is 25.1 Å². The molecule has 0 bridgehead atoms. The van der Waals surface area contributed by atoms with Gasteiger partial charge in [0, 0.05) is 17.2 Å². The topological polar surface area (TPSA) is 58.2 Å². The molecule has 0 radical (unpaired) electrons. The summed E-state index contributed by atoms with van der Waals surface area (Å²) in [5, 5.41) is 4.79. The Morgan fingerprint density at radius 1 is 1.04 bits per heavy atom. The highest BCUT2D eigenvalue weighted by Gasteiger charge is 2.35. The van der Waals surface area contributed by atoms with Crippen molar-refractivity contribution < 1.29 is 22.8 Å². The first-order valence-corrected chi connectivity index (χ1v) is 8.14. The number of benzene rings is 2. The summed E-state index contributed by atoms with van der Waals surface area (Å²) in [7, 11) is 0. The van der Waals surface area contributed by atoms with E-state index >= 15 is 0 Å². The molecule has 0 saturated heterocycles. The summed E-state index contributed by atoms with van der Waals surface area (Å²) in [5.74, 6) is -1.03. The molecule has 4 nitrogen and oxygen atoms in total. The molecule has 0 aliphatic heterocycles. The Morgan fingerprint density at radius 3 is 2.38 bits per heavy atom. The zero-order valence-corrected chi connectivity index (χ0v) is 14.0. The molecular formula is C19H17F3N2O2. The lowest BCUT2D eigenvalue weighted by molar-refractivity contribution is -0.137. The average molecular weight is 362 g/mol.